The van der Waals surface area contributed by atoms with Gasteiger partial charge in [0.15, 0.2) is 0 Å². The Bertz CT molecular complexity index is 1140. The Balaban J connectivity index is 1.54. The number of hydrogen-bond acceptors (Lipinski definition) is 5. The fraction of sp³-hybridized carbons (Fsp3) is 0.594. The summed E-state index contributed by atoms with van der Waals surface area (Å²) >= 11 is 3.78. The van der Waals surface area contributed by atoms with Crippen molar-refractivity contribution < 1.29 is 24.2 Å². The molecule has 1 aromatic rings. The van der Waals surface area contributed by atoms with E-state index in [9.17, 15) is 19.5 Å². The lowest BCUT2D eigenvalue weighted by atomic mass is 9.70. The molecule has 3 amide bonds. The van der Waals surface area contributed by atoms with Gasteiger partial charge in [0.05, 0.1) is 17.9 Å². The number of carbonyl (C=O) groups is 3. The summed E-state index contributed by atoms with van der Waals surface area (Å²) < 4.78 is 6.74. The van der Waals surface area contributed by atoms with Crippen LogP contribution in [0.2, 0.25) is 0 Å². The SMILES string of the molecule is C=CCN(C(=O)[C@H]1[C@H]2C(=O)N(CCCCO)C(C(=O)N(CC=C)C3CCCCC3)C23CC(Br)[C@@H]1O3)c1ccccc1. The topological polar surface area (TPSA) is 90.4 Å². The maximum Gasteiger partial charge on any atom is 0.248 e. The van der Waals surface area contributed by atoms with Crippen LogP contribution in [0.3, 0.4) is 0 Å². The predicted octanol–water partition coefficient (Wildman–Crippen LogP) is 4.07. The van der Waals surface area contributed by atoms with E-state index in [1.807, 2.05) is 35.2 Å². The smallest absolute Gasteiger partial charge is 0.248 e. The van der Waals surface area contributed by atoms with E-state index >= 15 is 0 Å². The van der Waals surface area contributed by atoms with Gasteiger partial charge in [0.25, 0.3) is 0 Å². The maximum absolute atomic E-state index is 14.6. The molecule has 0 radical (unpaired) electrons. The third-order valence-corrected chi connectivity index (χ3v) is 10.2. The summed E-state index contributed by atoms with van der Waals surface area (Å²) in [5, 5.41) is 9.46. The van der Waals surface area contributed by atoms with E-state index in [1.54, 1.807) is 22.0 Å². The van der Waals surface area contributed by atoms with Crippen LogP contribution < -0.4 is 4.90 Å². The quantitative estimate of drug-likeness (QED) is 0.214. The minimum atomic E-state index is -1.10. The number of aliphatic hydroxyl groups is 1. The molecular formula is C32H42BrN3O5. The molecule has 0 aromatic heterocycles. The molecule has 6 atom stereocenters. The first-order valence-electron chi connectivity index (χ1n) is 15.0. The van der Waals surface area contributed by atoms with Gasteiger partial charge in [-0.25, -0.2) is 0 Å². The van der Waals surface area contributed by atoms with Crippen LogP contribution in [0.1, 0.15) is 51.4 Å². The van der Waals surface area contributed by atoms with E-state index in [4.69, 9.17) is 4.74 Å². The molecule has 3 aliphatic heterocycles. The number of alkyl halides is 1. The number of unbranched alkanes of at least 4 members (excludes halogenated alkanes) is 1. The molecule has 3 heterocycles. The molecule has 2 bridgehead atoms. The highest BCUT2D eigenvalue weighted by molar-refractivity contribution is 9.09. The number of hydrogen-bond donors (Lipinski definition) is 1. The summed E-state index contributed by atoms with van der Waals surface area (Å²) in [5.74, 6) is -2.00. The minimum Gasteiger partial charge on any atom is -0.396 e. The van der Waals surface area contributed by atoms with Crippen LogP contribution in [-0.2, 0) is 19.1 Å². The van der Waals surface area contributed by atoms with Gasteiger partial charge in [-0.1, -0.05) is 65.5 Å². The third-order valence-electron chi connectivity index (χ3n) is 9.39. The summed E-state index contributed by atoms with van der Waals surface area (Å²) in [4.78, 5) is 48.4. The summed E-state index contributed by atoms with van der Waals surface area (Å²) in [5.41, 5.74) is -0.371. The van der Waals surface area contributed by atoms with E-state index in [-0.39, 0.29) is 35.2 Å². The molecule has 5 rings (SSSR count). The van der Waals surface area contributed by atoms with Crippen molar-refractivity contribution in [2.75, 3.05) is 31.1 Å². The molecule has 4 aliphatic rings. The monoisotopic (exact) mass is 627 g/mol. The number of rotatable bonds is 12. The maximum atomic E-state index is 14.6. The first-order chi connectivity index (χ1) is 19.9. The fourth-order valence-corrected chi connectivity index (χ4v) is 8.62. The number of aliphatic hydroxyl groups excluding tert-OH is 1. The number of likely N-dealkylation sites (tertiary alicyclic amines) is 1. The summed E-state index contributed by atoms with van der Waals surface area (Å²) in [7, 11) is 0. The number of benzene rings is 1. The molecule has 41 heavy (non-hydrogen) atoms. The average molecular weight is 629 g/mol. The second-order valence-electron chi connectivity index (χ2n) is 11.8. The van der Waals surface area contributed by atoms with E-state index in [0.717, 1.165) is 37.8 Å². The highest BCUT2D eigenvalue weighted by atomic mass is 79.9. The molecule has 1 aliphatic carbocycles. The molecule has 9 heteroatoms. The summed E-state index contributed by atoms with van der Waals surface area (Å²) in [6, 6.07) is 8.66. The molecule has 8 nitrogen and oxygen atoms in total. The van der Waals surface area contributed by atoms with Crippen LogP contribution in [0.15, 0.2) is 55.6 Å². The van der Waals surface area contributed by atoms with Gasteiger partial charge >= 0.3 is 0 Å². The van der Waals surface area contributed by atoms with Gasteiger partial charge in [0.1, 0.15) is 11.6 Å². The summed E-state index contributed by atoms with van der Waals surface area (Å²) in [6.07, 6.45) is 9.64. The van der Waals surface area contributed by atoms with Crippen LogP contribution in [0, 0.1) is 11.8 Å². The highest BCUT2D eigenvalue weighted by Crippen LogP contribution is 2.60. The number of halogens is 1. The van der Waals surface area contributed by atoms with Crippen molar-refractivity contribution >= 4 is 39.3 Å². The van der Waals surface area contributed by atoms with Gasteiger partial charge in [-0.3, -0.25) is 14.4 Å². The number of anilines is 1. The first-order valence-corrected chi connectivity index (χ1v) is 15.9. The molecule has 3 saturated heterocycles. The zero-order chi connectivity index (χ0) is 29.1. The second kappa shape index (κ2) is 12.8. The second-order valence-corrected chi connectivity index (χ2v) is 12.9. The van der Waals surface area contributed by atoms with Gasteiger partial charge < -0.3 is 24.5 Å². The van der Waals surface area contributed by atoms with E-state index in [1.165, 1.54) is 0 Å². The van der Waals surface area contributed by atoms with Crippen molar-refractivity contribution in [1.29, 1.82) is 0 Å². The van der Waals surface area contributed by atoms with Crippen LogP contribution in [0.4, 0.5) is 5.69 Å². The summed E-state index contributed by atoms with van der Waals surface area (Å²) in [6.45, 7) is 8.83. The van der Waals surface area contributed by atoms with E-state index in [0.29, 0.717) is 38.9 Å². The Hall–Kier alpha value is -2.49. The molecule has 3 unspecified atom stereocenters. The zero-order valence-electron chi connectivity index (χ0n) is 23.7. The Morgan fingerprint density at radius 3 is 2.44 bits per heavy atom. The van der Waals surface area contributed by atoms with Gasteiger partial charge in [0, 0.05) is 42.8 Å². The lowest BCUT2D eigenvalue weighted by Gasteiger charge is -2.41. The normalized spacial score (nSPS) is 30.7. The first kappa shape index (κ1) is 30.0. The van der Waals surface area contributed by atoms with Crippen molar-refractivity contribution in [3.8, 4) is 0 Å². The van der Waals surface area contributed by atoms with Crippen molar-refractivity contribution in [3.05, 3.63) is 55.6 Å². The van der Waals surface area contributed by atoms with E-state index < -0.39 is 29.6 Å². The van der Waals surface area contributed by atoms with Gasteiger partial charge in [-0.2, -0.15) is 0 Å². The van der Waals surface area contributed by atoms with E-state index in [2.05, 4.69) is 29.1 Å². The lowest BCUT2D eigenvalue weighted by Crippen LogP contribution is -2.59. The number of ether oxygens (including phenoxy) is 1. The molecule has 1 spiro atoms. The predicted molar refractivity (Wildman–Crippen MR) is 162 cm³/mol. The number of fused-ring (bicyclic) bond motifs is 1. The van der Waals surface area contributed by atoms with Gasteiger partial charge in [-0.05, 0) is 44.2 Å². The lowest BCUT2D eigenvalue weighted by molar-refractivity contribution is -0.150. The Kier molecular flexibility index (Phi) is 9.36. The van der Waals surface area contributed by atoms with Crippen LogP contribution in [0.5, 0.6) is 0 Å². The van der Waals surface area contributed by atoms with Gasteiger partial charge in [0.2, 0.25) is 17.7 Å². The third kappa shape index (κ3) is 5.30. The zero-order valence-corrected chi connectivity index (χ0v) is 25.3. The van der Waals surface area contributed by atoms with Crippen LogP contribution in [-0.4, -0.2) is 87.5 Å². The molecule has 1 aromatic carbocycles. The van der Waals surface area contributed by atoms with Crippen molar-refractivity contribution in [3.63, 3.8) is 0 Å². The Morgan fingerprint density at radius 1 is 1.07 bits per heavy atom. The van der Waals surface area contributed by atoms with Crippen molar-refractivity contribution in [2.24, 2.45) is 11.8 Å². The van der Waals surface area contributed by atoms with Crippen LogP contribution >= 0.6 is 15.9 Å². The molecule has 1 N–H and O–H groups in total. The molecular weight excluding hydrogens is 586 g/mol. The Morgan fingerprint density at radius 2 is 1.78 bits per heavy atom. The minimum absolute atomic E-state index is 0.0105. The Labute approximate surface area is 251 Å². The number of nitrogens with zero attached hydrogens (tertiary/aromatic N) is 3. The average Bonchev–Trinajstić information content (AvgIpc) is 3.58. The highest BCUT2D eigenvalue weighted by Gasteiger charge is 2.77. The number of amides is 3. The molecule has 4 fully saturated rings. The van der Waals surface area contributed by atoms with Crippen molar-refractivity contribution in [2.45, 2.75) is 80.0 Å². The molecule has 222 valence electrons. The van der Waals surface area contributed by atoms with Gasteiger partial charge in [-0.15, -0.1) is 13.2 Å². The number of para-hydroxylation sites is 1. The largest absolute Gasteiger partial charge is 0.396 e. The van der Waals surface area contributed by atoms with Crippen molar-refractivity contribution in [1.82, 2.24) is 9.80 Å². The fourth-order valence-electron chi connectivity index (χ4n) is 7.67. The molecule has 1 saturated carbocycles. The van der Waals surface area contributed by atoms with Crippen LogP contribution in [0.25, 0.3) is 0 Å². The standard InChI is InChI=1S/C32H42BrN3O5/c1-3-17-34(22-13-7-5-8-14-22)29(38)25-26-30(39)36(19-11-12-20-37)28(32(26)21-24(33)27(25)41-32)31(40)35(18-4-2)23-15-9-6-10-16-23/h3-5,7-8,13-14,23-28,37H,1-2,6,9-12,15-21H2/t24?,25-,26-,27-,28?,32?/m0/s1. The number of carbonyl (C=O) groups excluding carboxylic acids is 3.